The van der Waals surface area contributed by atoms with Gasteiger partial charge in [0.15, 0.2) is 11.0 Å². The Kier molecular flexibility index (Phi) is 4.07. The van der Waals surface area contributed by atoms with Crippen molar-refractivity contribution in [1.29, 1.82) is 0 Å². The maximum atomic E-state index is 5.75. The second-order valence-electron chi connectivity index (χ2n) is 4.52. The van der Waals surface area contributed by atoms with Crippen LogP contribution in [0.5, 0.6) is 0 Å². The maximum absolute atomic E-state index is 5.75. The number of piperidine rings is 1. The minimum atomic E-state index is 0. The summed E-state index contributed by atoms with van der Waals surface area (Å²) >= 11 is 5.75. The molecule has 0 bridgehead atoms. The number of rotatable bonds is 1. The molecule has 94 valence electrons. The summed E-state index contributed by atoms with van der Waals surface area (Å²) in [5.41, 5.74) is 0. The quantitative estimate of drug-likeness (QED) is 0.847. The molecule has 1 aromatic heterocycles. The van der Waals surface area contributed by atoms with Gasteiger partial charge >= 0.3 is 0 Å². The fourth-order valence-electron chi connectivity index (χ4n) is 2.82. The van der Waals surface area contributed by atoms with Crippen LogP contribution in [0.25, 0.3) is 0 Å². The van der Waals surface area contributed by atoms with Crippen LogP contribution in [0.4, 0.5) is 5.82 Å². The molecule has 1 aromatic rings. The molecule has 0 spiro atoms. The first-order valence-corrected chi connectivity index (χ1v) is 6.19. The topological polar surface area (TPSA) is 41.0 Å². The number of halogens is 2. The van der Waals surface area contributed by atoms with Crippen molar-refractivity contribution in [2.75, 3.05) is 24.5 Å². The SMILES string of the molecule is Cl.Clc1ccc(N2CCC3CCNCC32)nn1. The second-order valence-corrected chi connectivity index (χ2v) is 4.90. The van der Waals surface area contributed by atoms with Crippen molar-refractivity contribution in [3.05, 3.63) is 17.3 Å². The number of nitrogens with zero attached hydrogens (tertiary/aromatic N) is 3. The zero-order chi connectivity index (χ0) is 11.0. The Morgan fingerprint density at radius 2 is 2.18 bits per heavy atom. The van der Waals surface area contributed by atoms with Crippen LogP contribution in [0.2, 0.25) is 5.15 Å². The van der Waals surface area contributed by atoms with Crippen molar-refractivity contribution in [2.24, 2.45) is 5.92 Å². The van der Waals surface area contributed by atoms with Crippen molar-refractivity contribution < 1.29 is 0 Å². The van der Waals surface area contributed by atoms with E-state index in [1.54, 1.807) is 0 Å². The monoisotopic (exact) mass is 274 g/mol. The van der Waals surface area contributed by atoms with Crippen LogP contribution in [0.15, 0.2) is 12.1 Å². The Morgan fingerprint density at radius 3 is 2.94 bits per heavy atom. The highest BCUT2D eigenvalue weighted by molar-refractivity contribution is 6.29. The molecule has 17 heavy (non-hydrogen) atoms. The summed E-state index contributed by atoms with van der Waals surface area (Å²) in [4.78, 5) is 2.36. The number of hydrogen-bond acceptors (Lipinski definition) is 4. The highest BCUT2D eigenvalue weighted by Gasteiger charge is 2.36. The van der Waals surface area contributed by atoms with Gasteiger partial charge in [0.1, 0.15) is 0 Å². The van der Waals surface area contributed by atoms with E-state index < -0.39 is 0 Å². The molecular formula is C11H16Cl2N4. The van der Waals surface area contributed by atoms with E-state index in [-0.39, 0.29) is 12.4 Å². The predicted octanol–water partition coefficient (Wildman–Crippen LogP) is 1.74. The molecule has 3 heterocycles. The summed E-state index contributed by atoms with van der Waals surface area (Å²) in [5.74, 6) is 1.78. The standard InChI is InChI=1S/C11H15ClN4.ClH/c12-10-1-2-11(15-14-10)16-6-4-8-3-5-13-7-9(8)16;/h1-2,8-9,13H,3-7H2;1H. The Labute approximate surface area is 112 Å². The minimum absolute atomic E-state index is 0. The summed E-state index contributed by atoms with van der Waals surface area (Å²) < 4.78 is 0. The van der Waals surface area contributed by atoms with E-state index in [2.05, 4.69) is 20.4 Å². The van der Waals surface area contributed by atoms with Crippen LogP contribution in [-0.4, -0.2) is 35.9 Å². The molecule has 0 aromatic carbocycles. The Morgan fingerprint density at radius 1 is 1.29 bits per heavy atom. The van der Waals surface area contributed by atoms with Crippen molar-refractivity contribution >= 4 is 29.8 Å². The molecule has 2 atom stereocenters. The number of anilines is 1. The van der Waals surface area contributed by atoms with E-state index >= 15 is 0 Å². The predicted molar refractivity (Wildman–Crippen MR) is 71.0 cm³/mol. The summed E-state index contributed by atoms with van der Waals surface area (Å²) in [6, 6.07) is 4.36. The summed E-state index contributed by atoms with van der Waals surface area (Å²) in [6.07, 6.45) is 2.55. The van der Waals surface area contributed by atoms with Gasteiger partial charge in [0.2, 0.25) is 0 Å². The van der Waals surface area contributed by atoms with E-state index in [1.165, 1.54) is 12.8 Å². The fourth-order valence-corrected chi connectivity index (χ4v) is 2.92. The first-order chi connectivity index (χ1) is 7.84. The van der Waals surface area contributed by atoms with Gasteiger partial charge in [-0.15, -0.1) is 22.6 Å². The second kappa shape index (κ2) is 5.38. The molecule has 2 unspecified atom stereocenters. The highest BCUT2D eigenvalue weighted by atomic mass is 35.5. The molecule has 0 aliphatic carbocycles. The van der Waals surface area contributed by atoms with Crippen molar-refractivity contribution in [3.8, 4) is 0 Å². The third kappa shape index (κ3) is 2.49. The Hall–Kier alpha value is -0.580. The first-order valence-electron chi connectivity index (χ1n) is 5.81. The molecule has 0 amide bonds. The third-order valence-corrected chi connectivity index (χ3v) is 3.84. The van der Waals surface area contributed by atoms with Crippen LogP contribution >= 0.6 is 24.0 Å². The summed E-state index contributed by atoms with van der Waals surface area (Å²) in [5, 5.41) is 12.0. The molecule has 4 nitrogen and oxygen atoms in total. The van der Waals surface area contributed by atoms with Gasteiger partial charge in [0, 0.05) is 19.1 Å². The largest absolute Gasteiger partial charge is 0.351 e. The van der Waals surface area contributed by atoms with Crippen molar-refractivity contribution in [3.63, 3.8) is 0 Å². The average molecular weight is 275 g/mol. The summed E-state index contributed by atoms with van der Waals surface area (Å²) in [6.45, 7) is 3.31. The van der Waals surface area contributed by atoms with E-state index in [0.29, 0.717) is 11.2 Å². The molecule has 2 saturated heterocycles. The number of nitrogens with one attached hydrogen (secondary N) is 1. The molecular weight excluding hydrogens is 259 g/mol. The molecule has 2 fully saturated rings. The highest BCUT2D eigenvalue weighted by Crippen LogP contribution is 2.31. The van der Waals surface area contributed by atoms with E-state index in [4.69, 9.17) is 11.6 Å². The van der Waals surface area contributed by atoms with Crippen LogP contribution in [-0.2, 0) is 0 Å². The zero-order valence-electron chi connectivity index (χ0n) is 9.47. The molecule has 2 aliphatic rings. The molecule has 6 heteroatoms. The molecule has 0 saturated carbocycles. The molecule has 3 rings (SSSR count). The average Bonchev–Trinajstić information content (AvgIpc) is 2.74. The van der Waals surface area contributed by atoms with Crippen LogP contribution < -0.4 is 10.2 Å². The van der Waals surface area contributed by atoms with Gasteiger partial charge < -0.3 is 10.2 Å². The third-order valence-electron chi connectivity index (χ3n) is 3.64. The van der Waals surface area contributed by atoms with Gasteiger partial charge in [-0.25, -0.2) is 0 Å². The van der Waals surface area contributed by atoms with E-state index in [0.717, 1.165) is 31.4 Å². The van der Waals surface area contributed by atoms with Crippen LogP contribution in [0.3, 0.4) is 0 Å². The van der Waals surface area contributed by atoms with Gasteiger partial charge in [0.05, 0.1) is 0 Å². The van der Waals surface area contributed by atoms with Gasteiger partial charge in [-0.3, -0.25) is 0 Å². The Balaban J connectivity index is 0.00000108. The number of aromatic nitrogens is 2. The smallest absolute Gasteiger partial charge is 0.151 e. The maximum Gasteiger partial charge on any atom is 0.151 e. The van der Waals surface area contributed by atoms with Gasteiger partial charge in [-0.2, -0.15) is 0 Å². The lowest BCUT2D eigenvalue weighted by Gasteiger charge is -2.32. The molecule has 0 radical (unpaired) electrons. The number of hydrogen-bond donors (Lipinski definition) is 1. The van der Waals surface area contributed by atoms with E-state index in [1.807, 2.05) is 12.1 Å². The number of fused-ring (bicyclic) bond motifs is 1. The minimum Gasteiger partial charge on any atom is -0.351 e. The van der Waals surface area contributed by atoms with Crippen molar-refractivity contribution in [1.82, 2.24) is 15.5 Å². The fraction of sp³-hybridized carbons (Fsp3) is 0.636. The van der Waals surface area contributed by atoms with Crippen LogP contribution in [0.1, 0.15) is 12.8 Å². The first kappa shape index (κ1) is 12.9. The lowest BCUT2D eigenvalue weighted by atomic mass is 9.93. The lowest BCUT2D eigenvalue weighted by Crippen LogP contribution is -2.46. The normalized spacial score (nSPS) is 27.5. The lowest BCUT2D eigenvalue weighted by molar-refractivity contribution is 0.358. The molecule has 1 N–H and O–H groups in total. The Bertz CT molecular complexity index is 370. The van der Waals surface area contributed by atoms with Gasteiger partial charge in [-0.1, -0.05) is 11.6 Å². The van der Waals surface area contributed by atoms with Crippen LogP contribution in [0, 0.1) is 5.92 Å². The van der Waals surface area contributed by atoms with Gasteiger partial charge in [-0.05, 0) is 37.4 Å². The zero-order valence-corrected chi connectivity index (χ0v) is 11.0. The molecule has 2 aliphatic heterocycles. The van der Waals surface area contributed by atoms with Crippen molar-refractivity contribution in [2.45, 2.75) is 18.9 Å². The van der Waals surface area contributed by atoms with E-state index in [9.17, 15) is 0 Å². The summed E-state index contributed by atoms with van der Waals surface area (Å²) in [7, 11) is 0. The van der Waals surface area contributed by atoms with Gasteiger partial charge in [0.25, 0.3) is 0 Å².